The lowest BCUT2D eigenvalue weighted by Gasteiger charge is -2.02. The lowest BCUT2D eigenvalue weighted by Crippen LogP contribution is -2.21. The van der Waals surface area contributed by atoms with Crippen LogP contribution in [0.4, 0.5) is 0 Å². The monoisotopic (exact) mass is 234 g/mol. The third-order valence-electron chi connectivity index (χ3n) is 2.20. The van der Waals surface area contributed by atoms with Crippen molar-refractivity contribution in [3.05, 3.63) is 50.3 Å². The van der Waals surface area contributed by atoms with Crippen LogP contribution >= 0.6 is 11.3 Å². The second kappa shape index (κ2) is 4.40. The molecule has 0 atom stereocenters. The van der Waals surface area contributed by atoms with Gasteiger partial charge in [-0.3, -0.25) is 9.59 Å². The molecular formula is C11H10N2O2S. The zero-order valence-corrected chi connectivity index (χ0v) is 9.53. The van der Waals surface area contributed by atoms with Gasteiger partial charge in [-0.25, -0.2) is 4.98 Å². The minimum absolute atomic E-state index is 0.0228. The maximum Gasteiger partial charge on any atom is 0.253 e. The molecule has 2 aromatic heterocycles. The van der Waals surface area contributed by atoms with Crippen molar-refractivity contribution in [2.75, 3.05) is 0 Å². The number of hydrogen-bond donors (Lipinski definition) is 0. The summed E-state index contributed by atoms with van der Waals surface area (Å²) in [6.45, 7) is 2.19. The van der Waals surface area contributed by atoms with E-state index in [0.29, 0.717) is 17.0 Å². The predicted octanol–water partition coefficient (Wildman–Crippen LogP) is 1.47. The van der Waals surface area contributed by atoms with E-state index in [1.165, 1.54) is 17.5 Å². The molecule has 0 saturated heterocycles. The summed E-state index contributed by atoms with van der Waals surface area (Å²) in [5, 5.41) is 0.759. The van der Waals surface area contributed by atoms with E-state index >= 15 is 0 Å². The van der Waals surface area contributed by atoms with Gasteiger partial charge in [0.05, 0.1) is 11.4 Å². The normalized spacial score (nSPS) is 10.3. The average molecular weight is 234 g/mol. The number of nitrogens with zero attached hydrogens (tertiary/aromatic N) is 2. The Kier molecular flexibility index (Phi) is 2.96. The minimum atomic E-state index is -0.0228. The van der Waals surface area contributed by atoms with Crippen LogP contribution in [0.1, 0.15) is 20.2 Å². The van der Waals surface area contributed by atoms with Crippen LogP contribution in [0.25, 0.3) is 0 Å². The highest BCUT2D eigenvalue weighted by atomic mass is 32.1. The van der Waals surface area contributed by atoms with Crippen LogP contribution in [0.3, 0.4) is 0 Å². The van der Waals surface area contributed by atoms with Gasteiger partial charge in [0, 0.05) is 18.0 Å². The number of pyridine rings is 1. The molecule has 0 aliphatic rings. The Hall–Kier alpha value is -1.75. The molecule has 0 N–H and O–H groups in total. The predicted molar refractivity (Wildman–Crippen MR) is 62.0 cm³/mol. The fraction of sp³-hybridized carbons (Fsp3) is 0.182. The van der Waals surface area contributed by atoms with E-state index in [0.717, 1.165) is 11.3 Å². The first kappa shape index (κ1) is 10.8. The Balaban J connectivity index is 2.30. The molecular weight excluding hydrogens is 224 g/mol. The van der Waals surface area contributed by atoms with E-state index in [1.807, 2.05) is 6.07 Å². The van der Waals surface area contributed by atoms with Crippen molar-refractivity contribution in [3.8, 4) is 0 Å². The second-order valence-corrected chi connectivity index (χ2v) is 4.55. The molecule has 82 valence electrons. The van der Waals surface area contributed by atoms with E-state index in [1.54, 1.807) is 23.8 Å². The molecule has 2 heterocycles. The molecule has 16 heavy (non-hydrogen) atoms. The first-order chi connectivity index (χ1) is 7.70. The van der Waals surface area contributed by atoms with Crippen molar-refractivity contribution in [1.82, 2.24) is 9.55 Å². The van der Waals surface area contributed by atoms with Crippen LogP contribution in [0.5, 0.6) is 0 Å². The van der Waals surface area contributed by atoms with Crippen LogP contribution in [0, 0.1) is 6.92 Å². The fourth-order valence-corrected chi connectivity index (χ4v) is 2.11. The topological polar surface area (TPSA) is 52.0 Å². The summed E-state index contributed by atoms with van der Waals surface area (Å²) in [5.41, 5.74) is 0.681. The van der Waals surface area contributed by atoms with Gasteiger partial charge in [-0.1, -0.05) is 6.07 Å². The van der Waals surface area contributed by atoms with E-state index < -0.39 is 0 Å². The van der Waals surface area contributed by atoms with Crippen molar-refractivity contribution < 1.29 is 4.79 Å². The van der Waals surface area contributed by atoms with Crippen LogP contribution < -0.4 is 5.56 Å². The van der Waals surface area contributed by atoms with Gasteiger partial charge in [0.25, 0.3) is 5.56 Å². The molecule has 0 saturated carbocycles. The third kappa shape index (κ3) is 2.09. The molecule has 0 aromatic carbocycles. The van der Waals surface area contributed by atoms with Gasteiger partial charge in [0.2, 0.25) is 0 Å². The molecule has 0 aliphatic carbocycles. The third-order valence-corrected chi connectivity index (χ3v) is 3.11. The van der Waals surface area contributed by atoms with Gasteiger partial charge in [0.15, 0.2) is 6.29 Å². The fourth-order valence-electron chi connectivity index (χ4n) is 1.38. The molecule has 0 unspecified atom stereocenters. The molecule has 0 aliphatic heterocycles. The standard InChI is InChI=1S/C11H10N2O2S/c1-8-3-2-4-13(11(8)15)6-10-12-5-9(7-14)16-10/h2-5,7H,6H2,1H3. The molecule has 5 heteroatoms. The summed E-state index contributed by atoms with van der Waals surface area (Å²) >= 11 is 1.30. The lowest BCUT2D eigenvalue weighted by atomic mass is 10.3. The molecule has 0 radical (unpaired) electrons. The number of aldehydes is 1. The number of rotatable bonds is 3. The Labute approximate surface area is 96.2 Å². The Morgan fingerprint density at radius 3 is 3.06 bits per heavy atom. The highest BCUT2D eigenvalue weighted by molar-refractivity contribution is 7.13. The maximum atomic E-state index is 11.7. The quantitative estimate of drug-likeness (QED) is 0.756. The van der Waals surface area contributed by atoms with Crippen LogP contribution in [0.2, 0.25) is 0 Å². The molecule has 0 amide bonds. The molecule has 0 fully saturated rings. The molecule has 0 spiro atoms. The number of thiazole rings is 1. The summed E-state index contributed by atoms with van der Waals surface area (Å²) in [7, 11) is 0. The van der Waals surface area contributed by atoms with Gasteiger partial charge < -0.3 is 4.57 Å². The number of hydrogen-bond acceptors (Lipinski definition) is 4. The zero-order chi connectivity index (χ0) is 11.5. The average Bonchev–Trinajstić information content (AvgIpc) is 2.73. The van der Waals surface area contributed by atoms with Gasteiger partial charge in [-0.2, -0.15) is 0 Å². The van der Waals surface area contributed by atoms with Crippen LogP contribution in [0.15, 0.2) is 29.3 Å². The number of aryl methyl sites for hydroxylation is 1. The van der Waals surface area contributed by atoms with Crippen molar-refractivity contribution in [1.29, 1.82) is 0 Å². The number of carbonyl (C=O) groups is 1. The van der Waals surface area contributed by atoms with E-state index in [2.05, 4.69) is 4.98 Å². The van der Waals surface area contributed by atoms with E-state index in [9.17, 15) is 9.59 Å². The van der Waals surface area contributed by atoms with Crippen LogP contribution in [-0.4, -0.2) is 15.8 Å². The zero-order valence-electron chi connectivity index (χ0n) is 8.71. The van der Waals surface area contributed by atoms with Gasteiger partial charge >= 0.3 is 0 Å². The van der Waals surface area contributed by atoms with E-state index in [4.69, 9.17) is 0 Å². The Bertz CT molecular complexity index is 571. The number of carbonyl (C=O) groups excluding carboxylic acids is 1. The van der Waals surface area contributed by atoms with E-state index in [-0.39, 0.29) is 5.56 Å². The summed E-state index contributed by atoms with van der Waals surface area (Å²) < 4.78 is 1.59. The Morgan fingerprint density at radius 2 is 2.38 bits per heavy atom. The molecule has 0 bridgehead atoms. The second-order valence-electron chi connectivity index (χ2n) is 3.40. The summed E-state index contributed by atoms with van der Waals surface area (Å²) in [6, 6.07) is 3.60. The highest BCUT2D eigenvalue weighted by Crippen LogP contribution is 2.11. The molecule has 2 aromatic rings. The van der Waals surface area contributed by atoms with Crippen molar-refractivity contribution in [2.45, 2.75) is 13.5 Å². The van der Waals surface area contributed by atoms with Crippen molar-refractivity contribution in [2.24, 2.45) is 0 Å². The molecule has 2 rings (SSSR count). The summed E-state index contributed by atoms with van der Waals surface area (Å²) in [5.74, 6) is 0. The summed E-state index contributed by atoms with van der Waals surface area (Å²) in [6.07, 6.45) is 4.01. The van der Waals surface area contributed by atoms with Crippen molar-refractivity contribution in [3.63, 3.8) is 0 Å². The number of aromatic nitrogens is 2. The molecule has 4 nitrogen and oxygen atoms in total. The van der Waals surface area contributed by atoms with Gasteiger partial charge in [-0.15, -0.1) is 11.3 Å². The Morgan fingerprint density at radius 1 is 1.56 bits per heavy atom. The van der Waals surface area contributed by atoms with Gasteiger partial charge in [0.1, 0.15) is 5.01 Å². The smallest absolute Gasteiger partial charge is 0.253 e. The van der Waals surface area contributed by atoms with Gasteiger partial charge in [-0.05, 0) is 13.0 Å². The minimum Gasteiger partial charge on any atom is -0.308 e. The summed E-state index contributed by atoms with van der Waals surface area (Å²) in [4.78, 5) is 26.9. The largest absolute Gasteiger partial charge is 0.308 e. The van der Waals surface area contributed by atoms with Crippen LogP contribution in [-0.2, 0) is 6.54 Å². The maximum absolute atomic E-state index is 11.7. The first-order valence-corrected chi connectivity index (χ1v) is 5.58. The lowest BCUT2D eigenvalue weighted by molar-refractivity contribution is 0.112. The SMILES string of the molecule is Cc1cccn(Cc2ncc(C=O)s2)c1=O. The van der Waals surface area contributed by atoms with Crippen molar-refractivity contribution >= 4 is 17.6 Å². The highest BCUT2D eigenvalue weighted by Gasteiger charge is 2.04. The first-order valence-electron chi connectivity index (χ1n) is 4.76.